The van der Waals surface area contributed by atoms with Crippen molar-refractivity contribution in [2.24, 2.45) is 10.7 Å². The maximum absolute atomic E-state index is 12.9. The van der Waals surface area contributed by atoms with E-state index in [1.165, 1.54) is 12.1 Å². The molecule has 0 saturated carbocycles. The maximum Gasteiger partial charge on any atom is 0.191 e. The van der Waals surface area contributed by atoms with Gasteiger partial charge in [-0.1, -0.05) is 0 Å². The van der Waals surface area contributed by atoms with Crippen molar-refractivity contribution in [3.05, 3.63) is 30.1 Å². The highest BCUT2D eigenvalue weighted by Crippen LogP contribution is 2.16. The van der Waals surface area contributed by atoms with Crippen LogP contribution < -0.4 is 10.6 Å². The van der Waals surface area contributed by atoms with Gasteiger partial charge in [0.1, 0.15) is 5.82 Å². The number of hydrogen-bond acceptors (Lipinski definition) is 3. The van der Waals surface area contributed by atoms with Gasteiger partial charge in [-0.15, -0.1) is 0 Å². The Morgan fingerprint density at radius 2 is 1.90 bits per heavy atom. The number of anilines is 1. The molecule has 1 aliphatic heterocycles. The van der Waals surface area contributed by atoms with E-state index in [2.05, 4.69) is 21.0 Å². The summed E-state index contributed by atoms with van der Waals surface area (Å²) in [7, 11) is 0. The molecule has 1 heterocycles. The first-order valence-electron chi connectivity index (χ1n) is 7.25. The molecule has 0 bridgehead atoms. The molecule has 0 radical (unpaired) electrons. The van der Waals surface area contributed by atoms with Gasteiger partial charge >= 0.3 is 0 Å². The topological polar surface area (TPSA) is 44.9 Å². The minimum Gasteiger partial charge on any atom is -0.370 e. The number of benzene rings is 1. The lowest BCUT2D eigenvalue weighted by Gasteiger charge is -2.36. The number of guanidine groups is 1. The predicted octanol–water partition coefficient (Wildman–Crippen LogP) is 2.02. The van der Waals surface area contributed by atoms with Crippen molar-refractivity contribution in [3.8, 4) is 0 Å². The Kier molecular flexibility index (Phi) is 6.17. The van der Waals surface area contributed by atoms with Gasteiger partial charge in [-0.3, -0.25) is 4.99 Å². The van der Waals surface area contributed by atoms with Crippen LogP contribution in [0.2, 0.25) is 0 Å². The Hall–Kier alpha value is -1.43. The summed E-state index contributed by atoms with van der Waals surface area (Å²) in [6, 6.07) is 6.66. The number of hydrogen-bond donors (Lipinski definition) is 1. The molecule has 0 aromatic heterocycles. The standard InChI is InChI=1S/C15H23FN4S/c1-21-12-2-7-18-15(17)20-10-8-19(9-11-20)14-5-3-13(16)4-6-14/h3-6H,2,7-12H2,1H3,(H2,17,18). The number of thioether (sulfide) groups is 1. The molecule has 0 amide bonds. The number of nitrogens with zero attached hydrogens (tertiary/aromatic N) is 3. The van der Waals surface area contributed by atoms with Crippen molar-refractivity contribution < 1.29 is 4.39 Å². The molecule has 1 aromatic carbocycles. The van der Waals surface area contributed by atoms with Crippen LogP contribution >= 0.6 is 11.8 Å². The summed E-state index contributed by atoms with van der Waals surface area (Å²) in [5.41, 5.74) is 7.10. The number of rotatable bonds is 5. The van der Waals surface area contributed by atoms with Gasteiger partial charge in [0.2, 0.25) is 0 Å². The van der Waals surface area contributed by atoms with Crippen LogP contribution in [0.1, 0.15) is 6.42 Å². The molecule has 0 atom stereocenters. The summed E-state index contributed by atoms with van der Waals surface area (Å²) >= 11 is 1.83. The molecule has 1 aliphatic rings. The third-order valence-electron chi connectivity index (χ3n) is 3.58. The third kappa shape index (κ3) is 4.81. The van der Waals surface area contributed by atoms with E-state index in [4.69, 9.17) is 5.73 Å². The van der Waals surface area contributed by atoms with Gasteiger partial charge in [0, 0.05) is 38.4 Å². The van der Waals surface area contributed by atoms with Gasteiger partial charge in [0.05, 0.1) is 0 Å². The number of nitrogens with two attached hydrogens (primary N) is 1. The summed E-state index contributed by atoms with van der Waals surface area (Å²) in [5.74, 6) is 1.57. The van der Waals surface area contributed by atoms with Crippen LogP contribution in [0, 0.1) is 5.82 Å². The van der Waals surface area contributed by atoms with E-state index in [0.717, 1.165) is 50.6 Å². The van der Waals surface area contributed by atoms with E-state index in [9.17, 15) is 4.39 Å². The zero-order chi connectivity index (χ0) is 15.1. The molecule has 2 rings (SSSR count). The largest absolute Gasteiger partial charge is 0.370 e. The average Bonchev–Trinajstić information content (AvgIpc) is 2.52. The van der Waals surface area contributed by atoms with E-state index < -0.39 is 0 Å². The van der Waals surface area contributed by atoms with Crippen molar-refractivity contribution >= 4 is 23.4 Å². The quantitative estimate of drug-likeness (QED) is 0.513. The Bertz CT molecular complexity index is 455. The van der Waals surface area contributed by atoms with Gasteiger partial charge < -0.3 is 15.5 Å². The van der Waals surface area contributed by atoms with Gasteiger partial charge in [-0.05, 0) is 42.7 Å². The van der Waals surface area contributed by atoms with E-state index in [1.54, 1.807) is 0 Å². The highest BCUT2D eigenvalue weighted by atomic mass is 32.2. The monoisotopic (exact) mass is 310 g/mol. The van der Waals surface area contributed by atoms with E-state index >= 15 is 0 Å². The van der Waals surface area contributed by atoms with Crippen LogP contribution in [0.15, 0.2) is 29.3 Å². The van der Waals surface area contributed by atoms with E-state index in [0.29, 0.717) is 5.96 Å². The van der Waals surface area contributed by atoms with E-state index in [1.807, 2.05) is 23.9 Å². The summed E-state index contributed by atoms with van der Waals surface area (Å²) < 4.78 is 12.9. The van der Waals surface area contributed by atoms with Crippen LogP contribution in [-0.4, -0.2) is 55.6 Å². The van der Waals surface area contributed by atoms with Crippen molar-refractivity contribution in [3.63, 3.8) is 0 Å². The van der Waals surface area contributed by atoms with Crippen molar-refractivity contribution in [2.45, 2.75) is 6.42 Å². The lowest BCUT2D eigenvalue weighted by molar-refractivity contribution is 0.381. The third-order valence-corrected chi connectivity index (χ3v) is 4.27. The molecule has 21 heavy (non-hydrogen) atoms. The molecule has 0 unspecified atom stereocenters. The normalized spacial score (nSPS) is 16.4. The minimum atomic E-state index is -0.195. The molecular formula is C15H23FN4S. The van der Waals surface area contributed by atoms with Crippen LogP contribution in [-0.2, 0) is 0 Å². The lowest BCUT2D eigenvalue weighted by Crippen LogP contribution is -2.51. The zero-order valence-electron chi connectivity index (χ0n) is 12.5. The first-order valence-corrected chi connectivity index (χ1v) is 8.64. The fourth-order valence-electron chi connectivity index (χ4n) is 2.35. The molecule has 1 fully saturated rings. The average molecular weight is 310 g/mol. The Morgan fingerprint density at radius 3 is 2.52 bits per heavy atom. The molecule has 1 aromatic rings. The van der Waals surface area contributed by atoms with Crippen LogP contribution in [0.4, 0.5) is 10.1 Å². The van der Waals surface area contributed by atoms with Crippen LogP contribution in [0.5, 0.6) is 0 Å². The van der Waals surface area contributed by atoms with E-state index in [-0.39, 0.29) is 5.82 Å². The Morgan fingerprint density at radius 1 is 1.24 bits per heavy atom. The molecule has 2 N–H and O–H groups in total. The van der Waals surface area contributed by atoms with Gasteiger partial charge in [-0.25, -0.2) is 4.39 Å². The summed E-state index contributed by atoms with van der Waals surface area (Å²) in [6.07, 6.45) is 3.17. The molecule has 6 heteroatoms. The van der Waals surface area contributed by atoms with Crippen molar-refractivity contribution in [1.82, 2.24) is 4.90 Å². The smallest absolute Gasteiger partial charge is 0.191 e. The second-order valence-corrected chi connectivity index (χ2v) is 6.02. The van der Waals surface area contributed by atoms with Crippen molar-refractivity contribution in [1.29, 1.82) is 0 Å². The molecule has 4 nitrogen and oxygen atoms in total. The fourth-order valence-corrected chi connectivity index (χ4v) is 2.77. The number of halogens is 1. The fraction of sp³-hybridized carbons (Fsp3) is 0.533. The van der Waals surface area contributed by atoms with Gasteiger partial charge in [0.15, 0.2) is 5.96 Å². The lowest BCUT2D eigenvalue weighted by atomic mass is 10.2. The summed E-state index contributed by atoms with van der Waals surface area (Å²) in [6.45, 7) is 4.27. The number of aliphatic imine (C=N–C) groups is 1. The van der Waals surface area contributed by atoms with Gasteiger partial charge in [0.25, 0.3) is 0 Å². The Labute approximate surface area is 130 Å². The second-order valence-electron chi connectivity index (χ2n) is 5.04. The van der Waals surface area contributed by atoms with Crippen LogP contribution in [0.25, 0.3) is 0 Å². The summed E-state index contributed by atoms with van der Waals surface area (Å²) in [5, 5.41) is 0. The SMILES string of the molecule is CSCCCN=C(N)N1CCN(c2ccc(F)cc2)CC1. The zero-order valence-corrected chi connectivity index (χ0v) is 13.3. The first-order chi connectivity index (χ1) is 10.2. The maximum atomic E-state index is 12.9. The molecule has 0 spiro atoms. The highest BCUT2D eigenvalue weighted by molar-refractivity contribution is 7.98. The molecule has 1 saturated heterocycles. The van der Waals surface area contributed by atoms with Gasteiger partial charge in [-0.2, -0.15) is 11.8 Å². The molecular weight excluding hydrogens is 287 g/mol. The highest BCUT2D eigenvalue weighted by Gasteiger charge is 2.18. The Balaban J connectivity index is 1.81. The minimum absolute atomic E-state index is 0.195. The summed E-state index contributed by atoms with van der Waals surface area (Å²) in [4.78, 5) is 8.80. The van der Waals surface area contributed by atoms with Crippen LogP contribution in [0.3, 0.4) is 0 Å². The number of piperazine rings is 1. The predicted molar refractivity (Wildman–Crippen MR) is 89.7 cm³/mol. The van der Waals surface area contributed by atoms with Crippen molar-refractivity contribution in [2.75, 3.05) is 49.6 Å². The molecule has 0 aliphatic carbocycles. The molecule has 116 valence electrons. The second kappa shape index (κ2) is 8.12. The first kappa shape index (κ1) is 15.9.